The quantitative estimate of drug-likeness (QED) is 0.871. The molecule has 1 amide bonds. The molecule has 0 atom stereocenters. The van der Waals surface area contributed by atoms with Gasteiger partial charge in [-0.25, -0.2) is 9.97 Å². The van der Waals surface area contributed by atoms with Gasteiger partial charge in [-0.3, -0.25) is 4.79 Å². The molecule has 21 heavy (non-hydrogen) atoms. The van der Waals surface area contributed by atoms with Crippen LogP contribution >= 0.6 is 0 Å². The Kier molecular flexibility index (Phi) is 5.09. The number of aromatic nitrogens is 2. The lowest BCUT2D eigenvalue weighted by atomic mass is 10.3. The number of ether oxygens (including phenoxy) is 2. The van der Waals surface area contributed by atoms with E-state index in [0.29, 0.717) is 12.3 Å². The molecule has 1 aromatic heterocycles. The molecular formula is C15H17N3O3. The molecule has 0 radical (unpaired) electrons. The van der Waals surface area contributed by atoms with Gasteiger partial charge in [0.2, 0.25) is 0 Å². The average Bonchev–Trinajstić information content (AvgIpc) is 2.51. The van der Waals surface area contributed by atoms with Crippen molar-refractivity contribution >= 4 is 5.91 Å². The topological polar surface area (TPSA) is 73.3 Å². The van der Waals surface area contributed by atoms with Gasteiger partial charge >= 0.3 is 0 Å². The highest BCUT2D eigenvalue weighted by Gasteiger charge is 2.04. The Bertz CT molecular complexity index is 599. The number of methoxy groups -OCH3 is 1. The van der Waals surface area contributed by atoms with Crippen LogP contribution in [-0.4, -0.2) is 29.6 Å². The third kappa shape index (κ3) is 4.76. The normalized spacial score (nSPS) is 10.0. The summed E-state index contributed by atoms with van der Waals surface area (Å²) in [6, 6.07) is 8.87. The average molecular weight is 287 g/mol. The monoisotopic (exact) mass is 287 g/mol. The minimum atomic E-state index is -0.206. The maximum atomic E-state index is 11.7. The van der Waals surface area contributed by atoms with Gasteiger partial charge in [0.15, 0.2) is 6.61 Å². The molecule has 0 fully saturated rings. The van der Waals surface area contributed by atoms with Crippen LogP contribution in [0.15, 0.2) is 36.7 Å². The summed E-state index contributed by atoms with van der Waals surface area (Å²) >= 11 is 0. The predicted molar refractivity (Wildman–Crippen MR) is 77.1 cm³/mol. The van der Waals surface area contributed by atoms with Gasteiger partial charge < -0.3 is 14.8 Å². The minimum Gasteiger partial charge on any atom is -0.497 e. The molecule has 1 N–H and O–H groups in total. The molecular weight excluding hydrogens is 270 g/mol. The second-order valence-corrected chi connectivity index (χ2v) is 4.39. The van der Waals surface area contributed by atoms with Gasteiger partial charge in [0, 0.05) is 5.69 Å². The number of benzene rings is 1. The van der Waals surface area contributed by atoms with E-state index in [9.17, 15) is 4.79 Å². The third-order valence-electron chi connectivity index (χ3n) is 2.76. The summed E-state index contributed by atoms with van der Waals surface area (Å²) in [5, 5.41) is 2.74. The lowest BCUT2D eigenvalue weighted by molar-refractivity contribution is -0.123. The maximum absolute atomic E-state index is 11.7. The number of carbonyl (C=O) groups excluding carboxylic acids is 1. The van der Waals surface area contributed by atoms with Gasteiger partial charge in [0.1, 0.15) is 17.8 Å². The molecule has 0 unspecified atom stereocenters. The van der Waals surface area contributed by atoms with Crippen molar-refractivity contribution < 1.29 is 14.3 Å². The van der Waals surface area contributed by atoms with Crippen LogP contribution in [0.3, 0.4) is 0 Å². The Morgan fingerprint density at radius 1 is 1.19 bits per heavy atom. The molecule has 0 bridgehead atoms. The van der Waals surface area contributed by atoms with Gasteiger partial charge in [0.05, 0.1) is 19.3 Å². The summed E-state index contributed by atoms with van der Waals surface area (Å²) in [5.41, 5.74) is 1.63. The van der Waals surface area contributed by atoms with Gasteiger partial charge in [0.25, 0.3) is 5.91 Å². The Morgan fingerprint density at radius 3 is 2.57 bits per heavy atom. The number of rotatable bonds is 6. The predicted octanol–water partition coefficient (Wildman–Crippen LogP) is 1.49. The zero-order valence-corrected chi connectivity index (χ0v) is 12.0. The van der Waals surface area contributed by atoms with Crippen LogP contribution in [0.25, 0.3) is 0 Å². The van der Waals surface area contributed by atoms with Gasteiger partial charge in [-0.2, -0.15) is 0 Å². The number of hydrogen-bond donors (Lipinski definition) is 1. The number of amides is 1. The van der Waals surface area contributed by atoms with E-state index < -0.39 is 0 Å². The molecule has 110 valence electrons. The van der Waals surface area contributed by atoms with Crippen molar-refractivity contribution in [3.63, 3.8) is 0 Å². The number of hydrogen-bond acceptors (Lipinski definition) is 5. The van der Waals surface area contributed by atoms with Crippen molar-refractivity contribution in [3.05, 3.63) is 48.0 Å². The summed E-state index contributed by atoms with van der Waals surface area (Å²) in [4.78, 5) is 19.8. The first-order valence-electron chi connectivity index (χ1n) is 6.48. The zero-order valence-electron chi connectivity index (χ0n) is 12.0. The standard InChI is InChI=1S/C15H17N3O3/c1-11-7-12(18-10-17-11)8-16-15(19)9-21-14-5-3-13(20-2)4-6-14/h3-7,10H,8-9H2,1-2H3,(H,16,19). The molecule has 2 aromatic rings. The first kappa shape index (κ1) is 14.8. The van der Waals surface area contributed by atoms with Crippen LogP contribution in [0.1, 0.15) is 11.4 Å². The van der Waals surface area contributed by atoms with E-state index in [2.05, 4.69) is 15.3 Å². The van der Waals surface area contributed by atoms with Crippen molar-refractivity contribution in [3.8, 4) is 11.5 Å². The summed E-state index contributed by atoms with van der Waals surface area (Å²) in [7, 11) is 1.60. The van der Waals surface area contributed by atoms with Gasteiger partial charge in [-0.1, -0.05) is 0 Å². The Morgan fingerprint density at radius 2 is 1.90 bits per heavy atom. The molecule has 0 saturated heterocycles. The van der Waals surface area contributed by atoms with Crippen molar-refractivity contribution in [1.29, 1.82) is 0 Å². The van der Waals surface area contributed by atoms with Crippen molar-refractivity contribution in [2.75, 3.05) is 13.7 Å². The highest BCUT2D eigenvalue weighted by Crippen LogP contribution is 2.16. The summed E-state index contributed by atoms with van der Waals surface area (Å²) in [6.45, 7) is 2.18. The van der Waals surface area contributed by atoms with Crippen molar-refractivity contribution in [1.82, 2.24) is 15.3 Å². The highest BCUT2D eigenvalue weighted by molar-refractivity contribution is 5.77. The first-order valence-corrected chi connectivity index (χ1v) is 6.48. The first-order chi connectivity index (χ1) is 10.2. The van der Waals surface area contributed by atoms with E-state index in [-0.39, 0.29) is 12.5 Å². The van der Waals surface area contributed by atoms with Crippen LogP contribution in [-0.2, 0) is 11.3 Å². The smallest absolute Gasteiger partial charge is 0.258 e. The summed E-state index contributed by atoms with van der Waals surface area (Å²) in [5.74, 6) is 1.15. The van der Waals surface area contributed by atoms with Crippen molar-refractivity contribution in [2.45, 2.75) is 13.5 Å². The van der Waals surface area contributed by atoms with Gasteiger partial charge in [-0.05, 0) is 37.3 Å². The molecule has 2 rings (SSSR count). The largest absolute Gasteiger partial charge is 0.497 e. The van der Waals surface area contributed by atoms with E-state index in [1.165, 1.54) is 6.33 Å². The molecule has 6 nitrogen and oxygen atoms in total. The number of nitrogens with zero attached hydrogens (tertiary/aromatic N) is 2. The Hall–Kier alpha value is -2.63. The van der Waals surface area contributed by atoms with Crippen LogP contribution in [0, 0.1) is 6.92 Å². The maximum Gasteiger partial charge on any atom is 0.258 e. The second-order valence-electron chi connectivity index (χ2n) is 4.39. The molecule has 0 aliphatic rings. The van der Waals surface area contributed by atoms with Crippen LogP contribution < -0.4 is 14.8 Å². The molecule has 0 spiro atoms. The van der Waals surface area contributed by atoms with E-state index in [4.69, 9.17) is 9.47 Å². The van der Waals surface area contributed by atoms with Crippen LogP contribution in [0.2, 0.25) is 0 Å². The fraction of sp³-hybridized carbons (Fsp3) is 0.267. The van der Waals surface area contributed by atoms with E-state index in [0.717, 1.165) is 17.1 Å². The lowest BCUT2D eigenvalue weighted by Crippen LogP contribution is -2.28. The summed E-state index contributed by atoms with van der Waals surface area (Å²) in [6.07, 6.45) is 1.48. The number of aryl methyl sites for hydroxylation is 1. The van der Waals surface area contributed by atoms with Gasteiger partial charge in [-0.15, -0.1) is 0 Å². The van der Waals surface area contributed by atoms with Crippen LogP contribution in [0.4, 0.5) is 0 Å². The molecule has 0 aliphatic carbocycles. The highest BCUT2D eigenvalue weighted by atomic mass is 16.5. The van der Waals surface area contributed by atoms with E-state index in [1.807, 2.05) is 13.0 Å². The molecule has 6 heteroatoms. The van der Waals surface area contributed by atoms with E-state index in [1.54, 1.807) is 31.4 Å². The fourth-order valence-electron chi connectivity index (χ4n) is 1.67. The molecule has 1 heterocycles. The fourth-order valence-corrected chi connectivity index (χ4v) is 1.67. The second kappa shape index (κ2) is 7.23. The Labute approximate surface area is 123 Å². The summed E-state index contributed by atoms with van der Waals surface area (Å²) < 4.78 is 10.4. The third-order valence-corrected chi connectivity index (χ3v) is 2.76. The molecule has 1 aromatic carbocycles. The van der Waals surface area contributed by atoms with E-state index >= 15 is 0 Å². The zero-order chi connectivity index (χ0) is 15.1. The SMILES string of the molecule is COc1ccc(OCC(=O)NCc2cc(C)ncn2)cc1. The molecule has 0 aliphatic heterocycles. The van der Waals surface area contributed by atoms with Crippen LogP contribution in [0.5, 0.6) is 11.5 Å². The Balaban J connectivity index is 1.76. The lowest BCUT2D eigenvalue weighted by Gasteiger charge is -2.08. The number of nitrogens with one attached hydrogen (secondary N) is 1. The van der Waals surface area contributed by atoms with Crippen molar-refractivity contribution in [2.24, 2.45) is 0 Å². The molecule has 0 saturated carbocycles. The minimum absolute atomic E-state index is 0.0452. The number of carbonyl (C=O) groups is 1.